The standard InChI is InChI=1S/C32H22O10.C30H18O10/c1-11-5-13-21(15(33)7-11)31(39)23-17(35)9-19(41-3)25(27(23)29(13)37)26-20(42-4)10-18(36)24-28(26)30(38)14-6-12(2)8-16(34)22(14)32(24)40;1-9-3-11-19(13(31)5-9)29(39)23-17(35)7-15(33)21(25(23)27(11)37)22-16(34)8-18(36)24-26(22)28(38)12-4-10(2)6-14(32)20(12)30(24)40/h5-10,33-36H,1-4H3;3-8,31-36H,1-2H3. The summed E-state index contributed by atoms with van der Waals surface area (Å²) in [7, 11) is 2.49. The summed E-state index contributed by atoms with van der Waals surface area (Å²) in [6, 6.07) is 14.2. The van der Waals surface area contributed by atoms with Crippen molar-refractivity contribution in [3.05, 3.63) is 184 Å². The summed E-state index contributed by atoms with van der Waals surface area (Å²) in [5, 5.41) is 107. The Kier molecular flexibility index (Phi) is 11.7. The third-order valence-corrected chi connectivity index (χ3v) is 14.8. The second kappa shape index (κ2) is 18.1. The molecule has 0 bridgehead atoms. The van der Waals surface area contributed by atoms with Crippen molar-refractivity contribution in [2.75, 3.05) is 14.2 Å². The molecule has 20 heteroatoms. The summed E-state index contributed by atoms with van der Waals surface area (Å²) in [5.74, 6) is -13.7. The van der Waals surface area contributed by atoms with Crippen molar-refractivity contribution in [2.24, 2.45) is 0 Å². The number of rotatable bonds is 4. The Balaban J connectivity index is 0.000000172. The number of hydrogen-bond donors (Lipinski definition) is 10. The van der Waals surface area contributed by atoms with E-state index in [0.717, 1.165) is 24.3 Å². The molecule has 12 rings (SSSR count). The highest BCUT2D eigenvalue weighted by molar-refractivity contribution is 6.38. The lowest BCUT2D eigenvalue weighted by Gasteiger charge is -2.28. The predicted octanol–water partition coefficient (Wildman–Crippen LogP) is 8.12. The van der Waals surface area contributed by atoms with Crippen LogP contribution in [0.5, 0.6) is 69.0 Å². The summed E-state index contributed by atoms with van der Waals surface area (Å²) in [5.41, 5.74) is -5.67. The maximum Gasteiger partial charge on any atom is 0.201 e. The van der Waals surface area contributed by atoms with Crippen LogP contribution in [0.25, 0.3) is 22.3 Å². The van der Waals surface area contributed by atoms with Crippen LogP contribution < -0.4 is 9.47 Å². The summed E-state index contributed by atoms with van der Waals surface area (Å²) < 4.78 is 11.1. The van der Waals surface area contributed by atoms with Crippen LogP contribution in [0.1, 0.15) is 150 Å². The van der Waals surface area contributed by atoms with Gasteiger partial charge in [0.25, 0.3) is 0 Å². The first-order chi connectivity index (χ1) is 38.7. The van der Waals surface area contributed by atoms with Gasteiger partial charge in [-0.25, -0.2) is 0 Å². The second-order valence-electron chi connectivity index (χ2n) is 20.0. The maximum absolute atomic E-state index is 14.1. The minimum Gasteiger partial charge on any atom is -0.507 e. The third kappa shape index (κ3) is 7.23. The summed E-state index contributed by atoms with van der Waals surface area (Å²) in [6.07, 6.45) is 0. The number of aromatic hydroxyl groups is 10. The Morgan fingerprint density at radius 1 is 0.220 bits per heavy atom. The average Bonchev–Trinajstić information content (AvgIpc) is 1.75. The summed E-state index contributed by atoms with van der Waals surface area (Å²) >= 11 is 0. The molecule has 20 nitrogen and oxygen atoms in total. The van der Waals surface area contributed by atoms with Gasteiger partial charge in [-0.2, -0.15) is 0 Å². The monoisotopic (exact) mass is 1100 g/mol. The molecule has 0 spiro atoms. The number of aryl methyl sites for hydroxylation is 4. The van der Waals surface area contributed by atoms with E-state index in [0.29, 0.717) is 22.3 Å². The van der Waals surface area contributed by atoms with Gasteiger partial charge in [0, 0.05) is 91.0 Å². The first kappa shape index (κ1) is 52.8. The van der Waals surface area contributed by atoms with E-state index < -0.39 is 148 Å². The molecule has 8 aromatic rings. The number of carbonyl (C=O) groups excluding carboxylic acids is 8. The zero-order valence-corrected chi connectivity index (χ0v) is 43.5. The highest BCUT2D eigenvalue weighted by atomic mass is 16.5. The fourth-order valence-electron chi connectivity index (χ4n) is 11.5. The molecule has 4 aliphatic rings. The van der Waals surface area contributed by atoms with Gasteiger partial charge in [0.05, 0.1) is 58.7 Å². The second-order valence-corrected chi connectivity index (χ2v) is 20.0. The Morgan fingerprint density at radius 2 is 0.415 bits per heavy atom. The SMILES string of the molecule is COc1cc(O)c2c(c1-c1c(OC)cc(O)c3c1C(=O)c1cc(C)cc(O)c1C3=O)C(=O)c1cc(C)cc(O)c1C2=O.Cc1cc(O)c2c(c1)C(=O)c1c(c(O)cc(O)c1-c1c(O)cc(O)c3c1C(=O)c1cc(C)cc(O)c1C3=O)C2=O. The maximum atomic E-state index is 14.1. The zero-order valence-electron chi connectivity index (χ0n) is 43.5. The molecule has 4 aliphatic carbocycles. The van der Waals surface area contributed by atoms with E-state index in [1.165, 1.54) is 62.8 Å². The van der Waals surface area contributed by atoms with Gasteiger partial charge in [-0.3, -0.25) is 38.4 Å². The molecular formula is C62H40O20. The predicted molar refractivity (Wildman–Crippen MR) is 286 cm³/mol. The summed E-state index contributed by atoms with van der Waals surface area (Å²) in [4.78, 5) is 110. The van der Waals surface area contributed by atoms with Crippen molar-refractivity contribution in [3.8, 4) is 91.2 Å². The van der Waals surface area contributed by atoms with Gasteiger partial charge in [0.2, 0.25) is 23.1 Å². The van der Waals surface area contributed by atoms with Crippen molar-refractivity contribution in [1.82, 2.24) is 0 Å². The number of benzene rings is 8. The largest absolute Gasteiger partial charge is 0.507 e. The van der Waals surface area contributed by atoms with Crippen molar-refractivity contribution < 1.29 is 98.9 Å². The molecule has 0 aromatic heterocycles. The molecule has 408 valence electrons. The highest BCUT2D eigenvalue weighted by Crippen LogP contribution is 2.55. The van der Waals surface area contributed by atoms with Crippen molar-refractivity contribution in [2.45, 2.75) is 27.7 Å². The molecular weight excluding hydrogens is 1060 g/mol. The molecule has 0 radical (unpaired) electrons. The van der Waals surface area contributed by atoms with Crippen molar-refractivity contribution in [3.63, 3.8) is 0 Å². The first-order valence-corrected chi connectivity index (χ1v) is 24.5. The molecule has 0 fully saturated rings. The van der Waals surface area contributed by atoms with Gasteiger partial charge in [-0.15, -0.1) is 0 Å². The van der Waals surface area contributed by atoms with Gasteiger partial charge in [0.15, 0.2) is 23.1 Å². The normalized spacial score (nSPS) is 13.4. The molecule has 0 saturated heterocycles. The van der Waals surface area contributed by atoms with Crippen LogP contribution in [0.3, 0.4) is 0 Å². The number of methoxy groups -OCH3 is 2. The number of ketones is 8. The van der Waals surface area contributed by atoms with Crippen LogP contribution in [0.15, 0.2) is 72.8 Å². The van der Waals surface area contributed by atoms with Crippen LogP contribution in [0.2, 0.25) is 0 Å². The zero-order chi connectivity index (χ0) is 59.3. The third-order valence-electron chi connectivity index (χ3n) is 14.8. The molecule has 0 atom stereocenters. The van der Waals surface area contributed by atoms with Gasteiger partial charge in [-0.05, 0) is 98.5 Å². The molecule has 0 amide bonds. The van der Waals surface area contributed by atoms with Gasteiger partial charge >= 0.3 is 0 Å². The number of phenols is 10. The smallest absolute Gasteiger partial charge is 0.201 e. The lowest BCUT2D eigenvalue weighted by Crippen LogP contribution is -2.25. The Bertz CT molecular complexity index is 4210. The molecule has 0 saturated carbocycles. The van der Waals surface area contributed by atoms with Crippen molar-refractivity contribution >= 4 is 46.3 Å². The highest BCUT2D eigenvalue weighted by Gasteiger charge is 2.46. The fraction of sp³-hybridized carbons (Fsp3) is 0.0968. The van der Waals surface area contributed by atoms with Gasteiger partial charge < -0.3 is 60.5 Å². The van der Waals surface area contributed by atoms with Crippen LogP contribution in [-0.4, -0.2) is 112 Å². The van der Waals surface area contributed by atoms with Crippen LogP contribution in [-0.2, 0) is 0 Å². The number of ether oxygens (including phenoxy) is 2. The fourth-order valence-corrected chi connectivity index (χ4v) is 11.5. The number of carbonyl (C=O) groups is 8. The van der Waals surface area contributed by atoms with Crippen molar-refractivity contribution in [1.29, 1.82) is 0 Å². The topological polar surface area (TPSA) is 357 Å². The lowest BCUT2D eigenvalue weighted by molar-refractivity contribution is 0.0972. The molecule has 8 aromatic carbocycles. The van der Waals surface area contributed by atoms with Crippen LogP contribution in [0, 0.1) is 27.7 Å². The van der Waals surface area contributed by atoms with Gasteiger partial charge in [0.1, 0.15) is 69.0 Å². The number of fused-ring (bicyclic) bond motifs is 8. The quantitative estimate of drug-likeness (QED) is 0.0795. The summed E-state index contributed by atoms with van der Waals surface area (Å²) in [6.45, 7) is 6.37. The van der Waals surface area contributed by atoms with E-state index in [1.54, 1.807) is 27.7 Å². The van der Waals surface area contributed by atoms with E-state index in [-0.39, 0.29) is 78.3 Å². The van der Waals surface area contributed by atoms with E-state index in [9.17, 15) is 89.4 Å². The van der Waals surface area contributed by atoms with E-state index >= 15 is 0 Å². The number of phenolic OH excluding ortho intramolecular Hbond substituents is 10. The lowest BCUT2D eigenvalue weighted by atomic mass is 9.74. The molecule has 0 unspecified atom stereocenters. The number of hydrogen-bond acceptors (Lipinski definition) is 20. The molecule has 0 aliphatic heterocycles. The van der Waals surface area contributed by atoms with Crippen LogP contribution in [0.4, 0.5) is 0 Å². The molecule has 82 heavy (non-hydrogen) atoms. The minimum absolute atomic E-state index is 0.140. The Labute approximate surface area is 460 Å². The van der Waals surface area contributed by atoms with Crippen LogP contribution >= 0.6 is 0 Å². The van der Waals surface area contributed by atoms with E-state index in [4.69, 9.17) is 9.47 Å². The molecule has 0 heterocycles. The Hall–Kier alpha value is -11.3. The van der Waals surface area contributed by atoms with Gasteiger partial charge in [-0.1, -0.05) is 0 Å². The average molecular weight is 1100 g/mol. The van der Waals surface area contributed by atoms with E-state index in [2.05, 4.69) is 0 Å². The molecule has 10 N–H and O–H groups in total. The minimum atomic E-state index is -0.957. The first-order valence-electron chi connectivity index (χ1n) is 24.5. The van der Waals surface area contributed by atoms with E-state index in [1.807, 2.05) is 0 Å². The Morgan fingerprint density at radius 3 is 0.646 bits per heavy atom.